The highest BCUT2D eigenvalue weighted by Gasteiger charge is 2.47. The second-order valence-corrected chi connectivity index (χ2v) is 4.97. The quantitative estimate of drug-likeness (QED) is 0.915. The van der Waals surface area contributed by atoms with Crippen molar-refractivity contribution in [3.8, 4) is 17.2 Å². The van der Waals surface area contributed by atoms with Crippen LogP contribution in [0.3, 0.4) is 0 Å². The van der Waals surface area contributed by atoms with Gasteiger partial charge in [0.1, 0.15) is 0 Å². The van der Waals surface area contributed by atoms with E-state index in [9.17, 15) is 13.6 Å². The standard InChI is InChI=1S/C14H11F2N3O/c15-14(16)5-11(6-14)19-13(20)12(8-18-19)10-3-1-9(7-17)2-4-10/h1-4,8,11,18H,5-6H2. The highest BCUT2D eigenvalue weighted by molar-refractivity contribution is 5.62. The summed E-state index contributed by atoms with van der Waals surface area (Å²) in [7, 11) is 0. The molecule has 102 valence electrons. The van der Waals surface area contributed by atoms with Crippen molar-refractivity contribution in [1.29, 1.82) is 5.26 Å². The first-order valence-electron chi connectivity index (χ1n) is 6.18. The molecule has 2 aromatic rings. The van der Waals surface area contributed by atoms with E-state index in [-0.39, 0.29) is 18.4 Å². The predicted molar refractivity (Wildman–Crippen MR) is 68.4 cm³/mol. The fourth-order valence-electron chi connectivity index (χ4n) is 2.40. The van der Waals surface area contributed by atoms with Gasteiger partial charge in [-0.1, -0.05) is 12.1 Å². The third kappa shape index (κ3) is 2.01. The molecule has 0 aliphatic heterocycles. The van der Waals surface area contributed by atoms with E-state index in [2.05, 4.69) is 5.10 Å². The molecule has 0 spiro atoms. The van der Waals surface area contributed by atoms with Crippen molar-refractivity contribution in [2.75, 3.05) is 0 Å². The Morgan fingerprint density at radius 2 is 1.95 bits per heavy atom. The van der Waals surface area contributed by atoms with Gasteiger partial charge in [-0.05, 0) is 17.7 Å². The molecular formula is C14H11F2N3O. The van der Waals surface area contributed by atoms with Crippen LogP contribution in [0.1, 0.15) is 24.4 Å². The van der Waals surface area contributed by atoms with Gasteiger partial charge in [0, 0.05) is 19.0 Å². The van der Waals surface area contributed by atoms with Crippen LogP contribution in [0.4, 0.5) is 8.78 Å². The molecule has 3 rings (SSSR count). The fraction of sp³-hybridized carbons (Fsp3) is 0.286. The summed E-state index contributed by atoms with van der Waals surface area (Å²) < 4.78 is 27.0. The number of nitrogens with zero attached hydrogens (tertiary/aromatic N) is 2. The number of aromatic amines is 1. The van der Waals surface area contributed by atoms with Crippen molar-refractivity contribution in [3.63, 3.8) is 0 Å². The number of benzene rings is 1. The van der Waals surface area contributed by atoms with Gasteiger partial charge >= 0.3 is 0 Å². The third-order valence-corrected chi connectivity index (χ3v) is 3.56. The van der Waals surface area contributed by atoms with Crippen LogP contribution in [-0.2, 0) is 0 Å². The normalized spacial score (nSPS) is 17.4. The molecule has 1 aromatic heterocycles. The molecule has 20 heavy (non-hydrogen) atoms. The molecule has 0 unspecified atom stereocenters. The van der Waals surface area contributed by atoms with Gasteiger partial charge < -0.3 is 5.10 Å². The Hall–Kier alpha value is -2.42. The Labute approximate surface area is 113 Å². The second kappa shape index (κ2) is 4.30. The average molecular weight is 275 g/mol. The predicted octanol–water partition coefficient (Wildman–Crippen LogP) is 2.69. The largest absolute Gasteiger partial charge is 0.302 e. The van der Waals surface area contributed by atoms with Crippen molar-refractivity contribution in [3.05, 3.63) is 46.4 Å². The molecule has 0 bridgehead atoms. The Morgan fingerprint density at radius 3 is 2.50 bits per heavy atom. The number of alkyl halides is 2. The number of H-pyrrole nitrogens is 1. The zero-order chi connectivity index (χ0) is 14.3. The first-order valence-corrected chi connectivity index (χ1v) is 6.18. The zero-order valence-electron chi connectivity index (χ0n) is 10.4. The molecule has 0 saturated heterocycles. The molecule has 1 N–H and O–H groups in total. The van der Waals surface area contributed by atoms with E-state index in [0.717, 1.165) is 0 Å². The van der Waals surface area contributed by atoms with E-state index in [4.69, 9.17) is 5.26 Å². The summed E-state index contributed by atoms with van der Waals surface area (Å²) in [5.74, 6) is -2.66. The van der Waals surface area contributed by atoms with Crippen LogP contribution in [0, 0.1) is 11.3 Å². The Morgan fingerprint density at radius 1 is 1.30 bits per heavy atom. The van der Waals surface area contributed by atoms with Gasteiger partial charge in [-0.15, -0.1) is 0 Å². The number of nitrogens with one attached hydrogen (secondary N) is 1. The highest BCUT2D eigenvalue weighted by atomic mass is 19.3. The smallest absolute Gasteiger partial charge is 0.274 e. The van der Waals surface area contributed by atoms with E-state index < -0.39 is 12.0 Å². The molecule has 4 nitrogen and oxygen atoms in total. The lowest BCUT2D eigenvalue weighted by molar-refractivity contribution is -0.107. The van der Waals surface area contributed by atoms with Crippen LogP contribution in [0.5, 0.6) is 0 Å². The number of hydrogen-bond acceptors (Lipinski definition) is 2. The van der Waals surface area contributed by atoms with Crippen molar-refractivity contribution < 1.29 is 8.78 Å². The first kappa shape index (κ1) is 12.6. The number of halogens is 2. The summed E-state index contributed by atoms with van der Waals surface area (Å²) in [4.78, 5) is 12.2. The maximum Gasteiger partial charge on any atom is 0.274 e. The van der Waals surface area contributed by atoms with Crippen molar-refractivity contribution >= 4 is 0 Å². The molecule has 1 aromatic carbocycles. The van der Waals surface area contributed by atoms with Crippen LogP contribution in [0.15, 0.2) is 35.3 Å². The van der Waals surface area contributed by atoms with Gasteiger partial charge in [-0.25, -0.2) is 13.5 Å². The molecule has 0 amide bonds. The minimum absolute atomic E-state index is 0.305. The minimum Gasteiger partial charge on any atom is -0.302 e. The lowest BCUT2D eigenvalue weighted by Gasteiger charge is -2.34. The second-order valence-electron chi connectivity index (χ2n) is 4.97. The summed E-state index contributed by atoms with van der Waals surface area (Å²) in [5, 5.41) is 11.5. The molecule has 6 heteroatoms. The fourth-order valence-corrected chi connectivity index (χ4v) is 2.40. The Kier molecular flexibility index (Phi) is 2.71. The van der Waals surface area contributed by atoms with Crippen molar-refractivity contribution in [1.82, 2.24) is 9.78 Å². The molecule has 1 aliphatic carbocycles. The van der Waals surface area contributed by atoms with Crippen LogP contribution in [0.2, 0.25) is 0 Å². The molecule has 1 aliphatic rings. The topological polar surface area (TPSA) is 61.6 Å². The third-order valence-electron chi connectivity index (χ3n) is 3.56. The van der Waals surface area contributed by atoms with Gasteiger partial charge in [0.05, 0.1) is 23.2 Å². The van der Waals surface area contributed by atoms with E-state index in [0.29, 0.717) is 16.7 Å². The molecule has 1 saturated carbocycles. The van der Waals surface area contributed by atoms with E-state index in [1.54, 1.807) is 24.3 Å². The average Bonchev–Trinajstić information content (AvgIpc) is 2.78. The molecule has 0 radical (unpaired) electrons. The first-order chi connectivity index (χ1) is 9.50. The number of hydrogen-bond donors (Lipinski definition) is 1. The zero-order valence-corrected chi connectivity index (χ0v) is 10.4. The molecule has 0 atom stereocenters. The molecule has 1 heterocycles. The number of rotatable bonds is 2. The van der Waals surface area contributed by atoms with Crippen LogP contribution < -0.4 is 5.56 Å². The highest BCUT2D eigenvalue weighted by Crippen LogP contribution is 2.44. The van der Waals surface area contributed by atoms with Gasteiger partial charge in [-0.3, -0.25) is 4.79 Å². The van der Waals surface area contributed by atoms with E-state index in [1.807, 2.05) is 6.07 Å². The maximum atomic E-state index is 12.9. The van der Waals surface area contributed by atoms with Gasteiger partial charge in [0.15, 0.2) is 0 Å². The van der Waals surface area contributed by atoms with Crippen LogP contribution in [-0.4, -0.2) is 15.7 Å². The Bertz CT molecular complexity index is 729. The lowest BCUT2D eigenvalue weighted by atomic mass is 9.88. The van der Waals surface area contributed by atoms with Crippen molar-refractivity contribution in [2.24, 2.45) is 0 Å². The summed E-state index contributed by atoms with van der Waals surface area (Å²) in [6, 6.07) is 8.10. The van der Waals surface area contributed by atoms with Crippen molar-refractivity contribution in [2.45, 2.75) is 24.8 Å². The maximum absolute atomic E-state index is 12.9. The molecular weight excluding hydrogens is 264 g/mol. The van der Waals surface area contributed by atoms with Crippen LogP contribution >= 0.6 is 0 Å². The minimum atomic E-state index is -2.66. The molecule has 1 fully saturated rings. The summed E-state index contributed by atoms with van der Waals surface area (Å²) in [6.07, 6.45) is 0.903. The summed E-state index contributed by atoms with van der Waals surface area (Å²) in [5.41, 5.74) is 1.28. The SMILES string of the molecule is N#Cc1ccc(-c2c[nH]n(C3CC(F)(F)C3)c2=O)cc1. The van der Waals surface area contributed by atoms with Gasteiger partial charge in [0.25, 0.3) is 11.5 Å². The van der Waals surface area contributed by atoms with E-state index in [1.165, 1.54) is 10.9 Å². The summed E-state index contributed by atoms with van der Waals surface area (Å²) in [6.45, 7) is 0. The number of nitriles is 1. The summed E-state index contributed by atoms with van der Waals surface area (Å²) >= 11 is 0. The lowest BCUT2D eigenvalue weighted by Crippen LogP contribution is -2.40. The van der Waals surface area contributed by atoms with Gasteiger partial charge in [0.2, 0.25) is 0 Å². The van der Waals surface area contributed by atoms with Crippen LogP contribution in [0.25, 0.3) is 11.1 Å². The number of aromatic nitrogens is 2. The van der Waals surface area contributed by atoms with Gasteiger partial charge in [-0.2, -0.15) is 5.26 Å². The van der Waals surface area contributed by atoms with E-state index >= 15 is 0 Å². The monoisotopic (exact) mass is 275 g/mol. The Balaban J connectivity index is 1.91.